The first kappa shape index (κ1) is 19.0. The highest BCUT2D eigenvalue weighted by Crippen LogP contribution is 2.12. The zero-order chi connectivity index (χ0) is 14.9. The van der Waals surface area contributed by atoms with Crippen LogP contribution in [0.1, 0.15) is 96.8 Å². The molecule has 0 amide bonds. The van der Waals surface area contributed by atoms with Crippen LogP contribution in [0.5, 0.6) is 0 Å². The van der Waals surface area contributed by atoms with Crippen LogP contribution in [0.4, 0.5) is 0 Å². The van der Waals surface area contributed by atoms with Gasteiger partial charge in [-0.3, -0.25) is 4.79 Å². The minimum Gasteiger partial charge on any atom is -0.481 e. The predicted octanol–water partition coefficient (Wildman–Crippen LogP) is 5.56. The van der Waals surface area contributed by atoms with Gasteiger partial charge in [-0.15, -0.1) is 11.8 Å². The van der Waals surface area contributed by atoms with Gasteiger partial charge in [0.2, 0.25) is 0 Å². The molecular formula is C18H32O2. The van der Waals surface area contributed by atoms with Crippen LogP contribution >= 0.6 is 0 Å². The normalized spacial score (nSPS) is 10.1. The zero-order valence-electron chi connectivity index (χ0n) is 13.3. The molecule has 0 radical (unpaired) electrons. The van der Waals surface area contributed by atoms with Crippen molar-refractivity contribution in [3.05, 3.63) is 0 Å². The number of aliphatic carboxylic acids is 1. The number of hydrogen-bond acceptors (Lipinski definition) is 1. The smallest absolute Gasteiger partial charge is 0.303 e. The largest absolute Gasteiger partial charge is 0.481 e. The Balaban J connectivity index is 3.01. The highest BCUT2D eigenvalue weighted by atomic mass is 16.4. The van der Waals surface area contributed by atoms with E-state index in [1.807, 2.05) is 0 Å². The minimum atomic E-state index is -0.661. The van der Waals surface area contributed by atoms with Crippen molar-refractivity contribution in [2.45, 2.75) is 96.8 Å². The minimum absolute atomic E-state index is 0.336. The third-order valence-corrected chi connectivity index (χ3v) is 3.49. The Bertz CT molecular complexity index is 273. The second-order valence-corrected chi connectivity index (χ2v) is 5.49. The molecule has 0 saturated carbocycles. The van der Waals surface area contributed by atoms with E-state index < -0.39 is 5.97 Å². The quantitative estimate of drug-likeness (QED) is 0.354. The van der Waals surface area contributed by atoms with Gasteiger partial charge in [0, 0.05) is 19.3 Å². The number of rotatable bonds is 13. The second kappa shape index (κ2) is 16.1. The summed E-state index contributed by atoms with van der Waals surface area (Å²) in [4.78, 5) is 10.3. The molecule has 2 nitrogen and oxygen atoms in total. The molecule has 0 heterocycles. The molecule has 1 N–H and O–H groups in total. The van der Waals surface area contributed by atoms with Crippen molar-refractivity contribution in [3.8, 4) is 11.8 Å². The average Bonchev–Trinajstić information content (AvgIpc) is 2.43. The maximum absolute atomic E-state index is 10.3. The summed E-state index contributed by atoms with van der Waals surface area (Å²) >= 11 is 0. The average molecular weight is 280 g/mol. The first-order valence-corrected chi connectivity index (χ1v) is 8.45. The number of unbranched alkanes of at least 4 members (excludes halogenated alkanes) is 11. The first-order valence-electron chi connectivity index (χ1n) is 8.45. The lowest BCUT2D eigenvalue weighted by Crippen LogP contribution is -1.93. The maximum atomic E-state index is 10.3. The lowest BCUT2D eigenvalue weighted by Gasteiger charge is -2.02. The van der Waals surface area contributed by atoms with Crippen LogP contribution in [0, 0.1) is 11.8 Å². The highest BCUT2D eigenvalue weighted by Gasteiger charge is 1.96. The van der Waals surface area contributed by atoms with Crippen LogP contribution in [0.3, 0.4) is 0 Å². The summed E-state index contributed by atoms with van der Waals surface area (Å²) in [6.07, 6.45) is 16.1. The van der Waals surface area contributed by atoms with Crippen molar-refractivity contribution < 1.29 is 9.90 Å². The topological polar surface area (TPSA) is 37.3 Å². The van der Waals surface area contributed by atoms with Crippen LogP contribution < -0.4 is 0 Å². The van der Waals surface area contributed by atoms with Gasteiger partial charge < -0.3 is 5.11 Å². The van der Waals surface area contributed by atoms with E-state index in [0.29, 0.717) is 6.42 Å². The van der Waals surface area contributed by atoms with Gasteiger partial charge in [-0.25, -0.2) is 0 Å². The van der Waals surface area contributed by atoms with Crippen molar-refractivity contribution in [3.63, 3.8) is 0 Å². The Hall–Kier alpha value is -0.970. The zero-order valence-corrected chi connectivity index (χ0v) is 13.3. The fraction of sp³-hybridized carbons (Fsp3) is 0.833. The number of carbonyl (C=O) groups is 1. The van der Waals surface area contributed by atoms with Gasteiger partial charge in [0.1, 0.15) is 0 Å². The molecule has 0 aliphatic rings. The van der Waals surface area contributed by atoms with Crippen LogP contribution in [0.2, 0.25) is 0 Å². The van der Waals surface area contributed by atoms with E-state index in [0.717, 1.165) is 25.7 Å². The third-order valence-electron chi connectivity index (χ3n) is 3.49. The van der Waals surface area contributed by atoms with E-state index in [4.69, 9.17) is 5.11 Å². The van der Waals surface area contributed by atoms with Gasteiger partial charge in [-0.2, -0.15) is 0 Å². The monoisotopic (exact) mass is 280 g/mol. The predicted molar refractivity (Wildman–Crippen MR) is 85.7 cm³/mol. The van der Waals surface area contributed by atoms with Gasteiger partial charge in [0.05, 0.1) is 0 Å². The van der Waals surface area contributed by atoms with Gasteiger partial charge in [-0.05, 0) is 12.8 Å². The van der Waals surface area contributed by atoms with Gasteiger partial charge >= 0.3 is 5.97 Å². The fourth-order valence-corrected chi connectivity index (χ4v) is 2.29. The molecule has 2 heteroatoms. The molecule has 0 saturated heterocycles. The van der Waals surface area contributed by atoms with E-state index in [9.17, 15) is 4.79 Å². The highest BCUT2D eigenvalue weighted by molar-refractivity contribution is 5.66. The third kappa shape index (κ3) is 17.0. The van der Waals surface area contributed by atoms with Crippen molar-refractivity contribution in [2.75, 3.05) is 0 Å². The summed E-state index contributed by atoms with van der Waals surface area (Å²) in [5.41, 5.74) is 0. The Morgan fingerprint density at radius 3 is 1.65 bits per heavy atom. The molecule has 0 fully saturated rings. The fourth-order valence-electron chi connectivity index (χ4n) is 2.29. The lowest BCUT2D eigenvalue weighted by atomic mass is 10.0. The van der Waals surface area contributed by atoms with Crippen molar-refractivity contribution in [1.82, 2.24) is 0 Å². The molecule has 0 bridgehead atoms. The first-order chi connectivity index (χ1) is 9.77. The second-order valence-electron chi connectivity index (χ2n) is 5.49. The van der Waals surface area contributed by atoms with Gasteiger partial charge in [0.15, 0.2) is 0 Å². The van der Waals surface area contributed by atoms with E-state index in [2.05, 4.69) is 18.8 Å². The Kier molecular flexibility index (Phi) is 15.3. The van der Waals surface area contributed by atoms with E-state index in [1.54, 1.807) is 0 Å². The molecule has 20 heavy (non-hydrogen) atoms. The van der Waals surface area contributed by atoms with Crippen molar-refractivity contribution in [1.29, 1.82) is 0 Å². The molecular weight excluding hydrogens is 248 g/mol. The molecule has 0 aliphatic heterocycles. The number of carboxylic acid groups (broad SMARTS) is 1. The Morgan fingerprint density at radius 1 is 0.750 bits per heavy atom. The summed E-state index contributed by atoms with van der Waals surface area (Å²) < 4.78 is 0. The molecule has 0 aromatic rings. The van der Waals surface area contributed by atoms with Gasteiger partial charge in [0.25, 0.3) is 0 Å². The van der Waals surface area contributed by atoms with Gasteiger partial charge in [-0.1, -0.05) is 64.7 Å². The molecule has 0 spiro atoms. The number of hydrogen-bond donors (Lipinski definition) is 1. The lowest BCUT2D eigenvalue weighted by molar-refractivity contribution is -0.137. The van der Waals surface area contributed by atoms with Crippen molar-refractivity contribution >= 4 is 5.97 Å². The van der Waals surface area contributed by atoms with E-state index in [-0.39, 0.29) is 0 Å². The molecule has 0 aromatic carbocycles. The molecule has 116 valence electrons. The Morgan fingerprint density at radius 2 is 1.20 bits per heavy atom. The number of carboxylic acids is 1. The van der Waals surface area contributed by atoms with Crippen molar-refractivity contribution in [2.24, 2.45) is 0 Å². The summed E-state index contributed by atoms with van der Waals surface area (Å²) in [6.45, 7) is 2.10. The summed E-state index contributed by atoms with van der Waals surface area (Å²) in [6, 6.07) is 0. The molecule has 0 aliphatic carbocycles. The van der Waals surface area contributed by atoms with Crippen LogP contribution in [0.15, 0.2) is 0 Å². The molecule has 0 atom stereocenters. The van der Waals surface area contributed by atoms with Crippen LogP contribution in [0.25, 0.3) is 0 Å². The summed E-state index contributed by atoms with van der Waals surface area (Å²) in [5, 5.41) is 8.51. The summed E-state index contributed by atoms with van der Waals surface area (Å²) in [7, 11) is 0. The standard InChI is InChI=1S/C18H32O2/c1-2-3-4-5-6-7-8-9-10-11-12-13-14-15-16-17-18(19)20/h2,5-17H2,1H3,(H,19,20). The Labute approximate surface area is 125 Å². The summed E-state index contributed by atoms with van der Waals surface area (Å²) in [5.74, 6) is 5.64. The molecule has 0 rings (SSSR count). The van der Waals surface area contributed by atoms with E-state index in [1.165, 1.54) is 57.8 Å². The molecule has 0 unspecified atom stereocenters. The van der Waals surface area contributed by atoms with Crippen LogP contribution in [-0.4, -0.2) is 11.1 Å². The van der Waals surface area contributed by atoms with E-state index >= 15 is 0 Å². The van der Waals surface area contributed by atoms with Crippen LogP contribution in [-0.2, 0) is 4.79 Å². The maximum Gasteiger partial charge on any atom is 0.303 e. The molecule has 0 aromatic heterocycles. The SMILES string of the molecule is CCC#CCCCCCCCCCCCCCC(=O)O.